The molecule has 3 N–H and O–H groups in total. The molecular weight excluding hydrogens is 374 g/mol. The Labute approximate surface area is 167 Å². The van der Waals surface area contributed by atoms with E-state index in [-0.39, 0.29) is 11.2 Å². The topological polar surface area (TPSA) is 103 Å². The van der Waals surface area contributed by atoms with Crippen LogP contribution in [0.4, 0.5) is 5.69 Å². The van der Waals surface area contributed by atoms with Gasteiger partial charge in [0.2, 0.25) is 11.8 Å². The minimum Gasteiger partial charge on any atom is -0.366 e. The van der Waals surface area contributed by atoms with Crippen molar-refractivity contribution in [3.8, 4) is 11.4 Å². The van der Waals surface area contributed by atoms with Crippen molar-refractivity contribution in [3.05, 3.63) is 60.2 Å². The molecule has 7 nitrogen and oxygen atoms in total. The highest BCUT2D eigenvalue weighted by Gasteiger charge is 2.20. The number of aromatic nitrogens is 3. The first-order chi connectivity index (χ1) is 13.5. The Hall–Kier alpha value is -3.13. The van der Waals surface area contributed by atoms with E-state index in [1.165, 1.54) is 11.8 Å². The minimum absolute atomic E-state index is 0.163. The molecule has 0 aliphatic heterocycles. The van der Waals surface area contributed by atoms with Crippen molar-refractivity contribution in [2.24, 2.45) is 5.73 Å². The number of nitrogens with two attached hydrogens (primary N) is 1. The molecular formula is C20H21N5O2S. The number of nitrogens with zero attached hydrogens (tertiary/aromatic N) is 3. The first kappa shape index (κ1) is 19.6. The highest BCUT2D eigenvalue weighted by Crippen LogP contribution is 2.27. The fraction of sp³-hybridized carbons (Fsp3) is 0.200. The van der Waals surface area contributed by atoms with Crippen LogP contribution in [0.15, 0.2) is 59.8 Å². The average Bonchev–Trinajstić information content (AvgIpc) is 3.11. The highest BCUT2D eigenvalue weighted by molar-refractivity contribution is 8.00. The van der Waals surface area contributed by atoms with E-state index < -0.39 is 5.91 Å². The molecule has 0 saturated carbocycles. The number of carbonyl (C=O) groups is 2. The van der Waals surface area contributed by atoms with Crippen LogP contribution < -0.4 is 11.1 Å². The Balaban J connectivity index is 1.70. The lowest BCUT2D eigenvalue weighted by molar-refractivity contribution is -0.115. The summed E-state index contributed by atoms with van der Waals surface area (Å²) in [5.74, 6) is 0.110. The summed E-state index contributed by atoms with van der Waals surface area (Å²) in [6, 6.07) is 16.3. The van der Waals surface area contributed by atoms with Crippen LogP contribution in [0.1, 0.15) is 24.2 Å². The summed E-state index contributed by atoms with van der Waals surface area (Å²) in [4.78, 5) is 23.7. The van der Waals surface area contributed by atoms with Crippen molar-refractivity contribution in [1.29, 1.82) is 0 Å². The van der Waals surface area contributed by atoms with E-state index in [0.29, 0.717) is 23.0 Å². The van der Waals surface area contributed by atoms with Gasteiger partial charge in [-0.3, -0.25) is 9.59 Å². The van der Waals surface area contributed by atoms with Crippen LogP contribution in [0.5, 0.6) is 0 Å². The summed E-state index contributed by atoms with van der Waals surface area (Å²) in [5, 5.41) is 11.7. The molecule has 1 atom stereocenters. The predicted molar refractivity (Wildman–Crippen MR) is 110 cm³/mol. The number of hydrogen-bond acceptors (Lipinski definition) is 5. The van der Waals surface area contributed by atoms with Gasteiger partial charge in [-0.05, 0) is 38.1 Å². The Kier molecular flexibility index (Phi) is 6.10. The van der Waals surface area contributed by atoms with E-state index in [1.54, 1.807) is 24.3 Å². The number of hydrogen-bond donors (Lipinski definition) is 2. The van der Waals surface area contributed by atoms with Crippen molar-refractivity contribution < 1.29 is 9.59 Å². The molecule has 0 aliphatic carbocycles. The van der Waals surface area contributed by atoms with Crippen molar-refractivity contribution in [2.45, 2.75) is 30.8 Å². The molecule has 0 unspecified atom stereocenters. The fourth-order valence-corrected chi connectivity index (χ4v) is 3.55. The minimum atomic E-state index is -0.505. The summed E-state index contributed by atoms with van der Waals surface area (Å²) >= 11 is 1.35. The van der Waals surface area contributed by atoms with Gasteiger partial charge in [-0.25, -0.2) is 0 Å². The number of primary amides is 1. The second-order valence-corrected chi connectivity index (χ2v) is 7.42. The van der Waals surface area contributed by atoms with Crippen molar-refractivity contribution in [1.82, 2.24) is 14.8 Å². The maximum atomic E-state index is 12.5. The Morgan fingerprint density at radius 3 is 2.39 bits per heavy atom. The van der Waals surface area contributed by atoms with E-state index in [4.69, 9.17) is 5.73 Å². The Bertz CT molecular complexity index is 970. The van der Waals surface area contributed by atoms with Crippen LogP contribution in [0, 0.1) is 0 Å². The largest absolute Gasteiger partial charge is 0.366 e. The van der Waals surface area contributed by atoms with Gasteiger partial charge < -0.3 is 15.6 Å². The molecule has 0 spiro atoms. The van der Waals surface area contributed by atoms with Crippen LogP contribution in [-0.2, 0) is 11.3 Å². The molecule has 0 aliphatic rings. The molecule has 0 radical (unpaired) electrons. The van der Waals surface area contributed by atoms with Gasteiger partial charge in [-0.2, -0.15) is 0 Å². The lowest BCUT2D eigenvalue weighted by Gasteiger charge is -2.13. The third kappa shape index (κ3) is 4.40. The molecule has 28 heavy (non-hydrogen) atoms. The Morgan fingerprint density at radius 1 is 1.11 bits per heavy atom. The van der Waals surface area contributed by atoms with E-state index in [1.807, 2.05) is 48.7 Å². The molecule has 2 aromatic carbocycles. The van der Waals surface area contributed by atoms with Crippen LogP contribution in [-0.4, -0.2) is 31.8 Å². The van der Waals surface area contributed by atoms with Gasteiger partial charge in [0.1, 0.15) is 0 Å². The molecule has 1 aromatic heterocycles. The van der Waals surface area contributed by atoms with Gasteiger partial charge in [-0.1, -0.05) is 42.1 Å². The molecule has 0 saturated heterocycles. The zero-order chi connectivity index (χ0) is 20.1. The smallest absolute Gasteiger partial charge is 0.248 e. The number of benzene rings is 2. The molecule has 3 aromatic rings. The molecule has 2 amide bonds. The van der Waals surface area contributed by atoms with Gasteiger partial charge in [0.25, 0.3) is 0 Å². The summed E-state index contributed by atoms with van der Waals surface area (Å²) < 4.78 is 1.99. The lowest BCUT2D eigenvalue weighted by atomic mass is 10.2. The first-order valence-electron chi connectivity index (χ1n) is 8.85. The summed E-state index contributed by atoms with van der Waals surface area (Å²) in [6.45, 7) is 4.53. The standard InChI is InChI=1S/C20H21N5O2S/c1-3-25-18(15-7-5-4-6-8-15)23-24-20(25)28-13(2)19(27)22-16-11-9-14(10-12-16)17(21)26/h4-13H,3H2,1-2H3,(H2,21,26)(H,22,27)/t13-/m0/s1. The van der Waals surface area contributed by atoms with Crippen LogP contribution in [0.3, 0.4) is 0 Å². The quantitative estimate of drug-likeness (QED) is 0.598. The molecule has 144 valence electrons. The summed E-state index contributed by atoms with van der Waals surface area (Å²) in [6.07, 6.45) is 0. The summed E-state index contributed by atoms with van der Waals surface area (Å²) in [5.41, 5.74) is 7.20. The maximum absolute atomic E-state index is 12.5. The fourth-order valence-electron chi connectivity index (χ4n) is 2.64. The van der Waals surface area contributed by atoms with E-state index in [2.05, 4.69) is 15.5 Å². The lowest BCUT2D eigenvalue weighted by Crippen LogP contribution is -2.23. The highest BCUT2D eigenvalue weighted by atomic mass is 32.2. The van der Waals surface area contributed by atoms with Gasteiger partial charge in [0.05, 0.1) is 5.25 Å². The zero-order valence-corrected chi connectivity index (χ0v) is 16.4. The zero-order valence-electron chi connectivity index (χ0n) is 15.6. The van der Waals surface area contributed by atoms with Gasteiger partial charge in [-0.15, -0.1) is 10.2 Å². The van der Waals surface area contributed by atoms with Crippen molar-refractivity contribution in [2.75, 3.05) is 5.32 Å². The summed E-state index contributed by atoms with van der Waals surface area (Å²) in [7, 11) is 0. The third-order valence-corrected chi connectivity index (χ3v) is 5.23. The molecule has 0 bridgehead atoms. The van der Waals surface area contributed by atoms with Gasteiger partial charge >= 0.3 is 0 Å². The van der Waals surface area contributed by atoms with Gasteiger partial charge in [0.15, 0.2) is 11.0 Å². The number of anilines is 1. The normalized spacial score (nSPS) is 11.8. The Morgan fingerprint density at radius 2 is 1.79 bits per heavy atom. The second-order valence-electron chi connectivity index (χ2n) is 6.11. The number of thioether (sulfide) groups is 1. The monoisotopic (exact) mass is 395 g/mol. The SMILES string of the molecule is CCn1c(S[C@@H](C)C(=O)Nc2ccc(C(N)=O)cc2)nnc1-c1ccccc1. The van der Waals surface area contributed by atoms with Crippen molar-refractivity contribution in [3.63, 3.8) is 0 Å². The van der Waals surface area contributed by atoms with Crippen molar-refractivity contribution >= 4 is 29.3 Å². The van der Waals surface area contributed by atoms with E-state index in [0.717, 1.165) is 11.4 Å². The van der Waals surface area contributed by atoms with E-state index in [9.17, 15) is 9.59 Å². The maximum Gasteiger partial charge on any atom is 0.248 e. The number of nitrogens with one attached hydrogen (secondary N) is 1. The van der Waals surface area contributed by atoms with E-state index >= 15 is 0 Å². The van der Waals surface area contributed by atoms with Crippen LogP contribution >= 0.6 is 11.8 Å². The van der Waals surface area contributed by atoms with Crippen LogP contribution in [0.2, 0.25) is 0 Å². The third-order valence-electron chi connectivity index (χ3n) is 4.15. The number of rotatable bonds is 7. The molecule has 1 heterocycles. The molecule has 0 fully saturated rings. The molecule has 8 heteroatoms. The van der Waals surface area contributed by atoms with Crippen LogP contribution in [0.25, 0.3) is 11.4 Å². The second kappa shape index (κ2) is 8.71. The average molecular weight is 395 g/mol. The van der Waals surface area contributed by atoms with Gasteiger partial charge in [0, 0.05) is 23.4 Å². The predicted octanol–water partition coefficient (Wildman–Crippen LogP) is 3.18. The number of amides is 2. The first-order valence-corrected chi connectivity index (χ1v) is 9.73. The molecule has 3 rings (SSSR count). The number of carbonyl (C=O) groups excluding carboxylic acids is 2.